The van der Waals surface area contributed by atoms with Crippen LogP contribution < -0.4 is 10.2 Å². The van der Waals surface area contributed by atoms with Gasteiger partial charge in [0, 0.05) is 38.9 Å². The van der Waals surface area contributed by atoms with Gasteiger partial charge in [-0.05, 0) is 68.6 Å². The molecule has 3 fully saturated rings. The molecule has 1 aromatic rings. The SMILES string of the molecule is CCNC(=NCc1ccnc(N2CCCCC2)c1)N1CCC2(CCC2)C1.I. The van der Waals surface area contributed by atoms with Crippen molar-refractivity contribution in [1.82, 2.24) is 15.2 Å². The fourth-order valence-electron chi connectivity index (χ4n) is 4.65. The zero-order valence-electron chi connectivity index (χ0n) is 16.6. The number of nitrogens with one attached hydrogen (secondary N) is 1. The van der Waals surface area contributed by atoms with Crippen LogP contribution in [0.2, 0.25) is 0 Å². The summed E-state index contributed by atoms with van der Waals surface area (Å²) in [5, 5.41) is 3.51. The summed E-state index contributed by atoms with van der Waals surface area (Å²) in [6.07, 6.45) is 11.4. The molecule has 27 heavy (non-hydrogen) atoms. The Labute approximate surface area is 181 Å². The number of aliphatic imine (C=N–C) groups is 1. The Morgan fingerprint density at radius 2 is 1.96 bits per heavy atom. The summed E-state index contributed by atoms with van der Waals surface area (Å²) < 4.78 is 0. The van der Waals surface area contributed by atoms with Crippen LogP contribution in [0, 0.1) is 5.41 Å². The first kappa shape index (κ1) is 20.7. The number of pyridine rings is 1. The van der Waals surface area contributed by atoms with E-state index in [4.69, 9.17) is 4.99 Å². The number of anilines is 1. The van der Waals surface area contributed by atoms with Crippen LogP contribution in [0.25, 0.3) is 0 Å². The van der Waals surface area contributed by atoms with Crippen molar-refractivity contribution in [2.45, 2.75) is 58.4 Å². The number of guanidine groups is 1. The van der Waals surface area contributed by atoms with Crippen LogP contribution in [0.1, 0.15) is 57.4 Å². The van der Waals surface area contributed by atoms with Gasteiger partial charge in [0.1, 0.15) is 5.82 Å². The van der Waals surface area contributed by atoms with Crippen molar-refractivity contribution in [3.63, 3.8) is 0 Å². The number of nitrogens with zero attached hydrogens (tertiary/aromatic N) is 4. The van der Waals surface area contributed by atoms with Gasteiger partial charge in [-0.15, -0.1) is 24.0 Å². The second-order valence-corrected chi connectivity index (χ2v) is 8.27. The minimum atomic E-state index is 0. The quantitative estimate of drug-likeness (QED) is 0.399. The van der Waals surface area contributed by atoms with Gasteiger partial charge in [0.15, 0.2) is 5.96 Å². The summed E-state index contributed by atoms with van der Waals surface area (Å²) in [5.41, 5.74) is 1.86. The van der Waals surface area contributed by atoms with E-state index < -0.39 is 0 Å². The Morgan fingerprint density at radius 1 is 1.15 bits per heavy atom. The second-order valence-electron chi connectivity index (χ2n) is 8.27. The minimum Gasteiger partial charge on any atom is -0.357 e. The molecule has 0 atom stereocenters. The third-order valence-electron chi connectivity index (χ3n) is 6.39. The first-order chi connectivity index (χ1) is 12.8. The van der Waals surface area contributed by atoms with Crippen LogP contribution in [0.15, 0.2) is 23.3 Å². The summed E-state index contributed by atoms with van der Waals surface area (Å²) in [6.45, 7) is 8.43. The molecule has 3 heterocycles. The standard InChI is InChI=1S/C21H33N5.HI/c1-2-22-20(26-14-10-21(17-26)8-6-9-21)24-16-18-7-11-23-19(15-18)25-12-4-3-5-13-25;/h7,11,15H,2-6,8-10,12-14,16-17H2,1H3,(H,22,24);1H. The Hall–Kier alpha value is -1.05. The molecule has 3 aliphatic rings. The van der Waals surface area contributed by atoms with Crippen LogP contribution >= 0.6 is 24.0 Å². The van der Waals surface area contributed by atoms with Gasteiger partial charge in [0.05, 0.1) is 6.54 Å². The lowest BCUT2D eigenvalue weighted by atomic mass is 9.68. The van der Waals surface area contributed by atoms with Crippen LogP contribution in [0.3, 0.4) is 0 Å². The molecule has 6 heteroatoms. The van der Waals surface area contributed by atoms with Gasteiger partial charge >= 0.3 is 0 Å². The maximum atomic E-state index is 4.96. The molecular weight excluding hydrogens is 449 g/mol. The number of aromatic nitrogens is 1. The largest absolute Gasteiger partial charge is 0.357 e. The van der Waals surface area contributed by atoms with E-state index in [-0.39, 0.29) is 24.0 Å². The maximum Gasteiger partial charge on any atom is 0.194 e. The first-order valence-electron chi connectivity index (χ1n) is 10.5. The summed E-state index contributed by atoms with van der Waals surface area (Å²) in [7, 11) is 0. The van der Waals surface area contributed by atoms with E-state index >= 15 is 0 Å². The summed E-state index contributed by atoms with van der Waals surface area (Å²) >= 11 is 0. The van der Waals surface area contributed by atoms with Crippen molar-refractivity contribution in [3.8, 4) is 0 Å². The summed E-state index contributed by atoms with van der Waals surface area (Å²) in [4.78, 5) is 14.5. The third-order valence-corrected chi connectivity index (χ3v) is 6.39. The molecule has 1 aliphatic carbocycles. The molecule has 1 saturated carbocycles. The zero-order valence-corrected chi connectivity index (χ0v) is 19.0. The Morgan fingerprint density at radius 3 is 2.63 bits per heavy atom. The Balaban J connectivity index is 0.00000210. The van der Waals surface area contributed by atoms with Gasteiger partial charge in [0.25, 0.3) is 0 Å². The van der Waals surface area contributed by atoms with Crippen molar-refractivity contribution in [2.75, 3.05) is 37.6 Å². The van der Waals surface area contributed by atoms with E-state index in [1.807, 2.05) is 6.20 Å². The highest BCUT2D eigenvalue weighted by Gasteiger charge is 2.43. The summed E-state index contributed by atoms with van der Waals surface area (Å²) in [6, 6.07) is 4.34. The average Bonchev–Trinajstić information content (AvgIpc) is 3.12. The topological polar surface area (TPSA) is 43.8 Å². The van der Waals surface area contributed by atoms with Crippen molar-refractivity contribution >= 4 is 35.8 Å². The van der Waals surface area contributed by atoms with Gasteiger partial charge in [0.2, 0.25) is 0 Å². The Kier molecular flexibility index (Phi) is 7.22. The van der Waals surface area contributed by atoms with Crippen molar-refractivity contribution < 1.29 is 0 Å². The molecular formula is C21H34IN5. The molecule has 0 unspecified atom stereocenters. The lowest BCUT2D eigenvalue weighted by Crippen LogP contribution is -2.42. The fraction of sp³-hybridized carbons (Fsp3) is 0.714. The smallest absolute Gasteiger partial charge is 0.194 e. The van der Waals surface area contributed by atoms with E-state index in [0.717, 1.165) is 44.5 Å². The monoisotopic (exact) mass is 483 g/mol. The predicted octanol–water partition coefficient (Wildman–Crippen LogP) is 4.03. The van der Waals surface area contributed by atoms with E-state index in [0.29, 0.717) is 5.41 Å². The third kappa shape index (κ3) is 4.87. The predicted molar refractivity (Wildman–Crippen MR) is 123 cm³/mol. The second kappa shape index (κ2) is 9.43. The van der Waals surface area contributed by atoms with Crippen LogP contribution in [0.5, 0.6) is 0 Å². The molecule has 0 aromatic carbocycles. The summed E-state index contributed by atoms with van der Waals surface area (Å²) in [5.74, 6) is 2.21. The number of likely N-dealkylation sites (tertiary alicyclic amines) is 1. The van der Waals surface area contributed by atoms with Crippen LogP contribution in [-0.4, -0.2) is 48.6 Å². The Bertz CT molecular complexity index is 637. The fourth-order valence-corrected chi connectivity index (χ4v) is 4.65. The highest BCUT2D eigenvalue weighted by Crippen LogP contribution is 2.47. The maximum absolute atomic E-state index is 4.96. The first-order valence-corrected chi connectivity index (χ1v) is 10.5. The number of piperidine rings is 1. The molecule has 150 valence electrons. The zero-order chi connectivity index (χ0) is 17.8. The van der Waals surface area contributed by atoms with Gasteiger partial charge in [-0.2, -0.15) is 0 Å². The van der Waals surface area contributed by atoms with Crippen molar-refractivity contribution in [1.29, 1.82) is 0 Å². The highest BCUT2D eigenvalue weighted by atomic mass is 127. The number of halogens is 1. The van der Waals surface area contributed by atoms with Gasteiger partial charge in [-0.3, -0.25) is 0 Å². The molecule has 0 amide bonds. The molecule has 4 rings (SSSR count). The molecule has 1 aromatic heterocycles. The van der Waals surface area contributed by atoms with Gasteiger partial charge in [-0.25, -0.2) is 9.98 Å². The lowest BCUT2D eigenvalue weighted by Gasteiger charge is -2.38. The van der Waals surface area contributed by atoms with Crippen molar-refractivity contribution in [2.24, 2.45) is 10.4 Å². The number of hydrogen-bond acceptors (Lipinski definition) is 3. The van der Waals surface area contributed by atoms with Gasteiger partial charge in [-0.1, -0.05) is 6.42 Å². The van der Waals surface area contributed by atoms with Crippen LogP contribution in [-0.2, 0) is 6.54 Å². The van der Waals surface area contributed by atoms with Gasteiger partial charge < -0.3 is 15.1 Å². The van der Waals surface area contributed by atoms with E-state index in [1.54, 1.807) is 0 Å². The van der Waals surface area contributed by atoms with Crippen LogP contribution in [0.4, 0.5) is 5.82 Å². The van der Waals surface area contributed by atoms with E-state index in [1.165, 1.54) is 57.1 Å². The molecule has 1 N–H and O–H groups in total. The molecule has 1 spiro atoms. The number of rotatable bonds is 4. The average molecular weight is 483 g/mol. The highest BCUT2D eigenvalue weighted by molar-refractivity contribution is 14.0. The molecule has 5 nitrogen and oxygen atoms in total. The normalized spacial score (nSPS) is 21.7. The van der Waals surface area contributed by atoms with E-state index in [2.05, 4.69) is 39.2 Å². The van der Waals surface area contributed by atoms with Crippen molar-refractivity contribution in [3.05, 3.63) is 23.9 Å². The number of hydrogen-bond donors (Lipinski definition) is 1. The molecule has 0 bridgehead atoms. The minimum absolute atomic E-state index is 0. The lowest BCUT2D eigenvalue weighted by molar-refractivity contribution is 0.151. The molecule has 0 radical (unpaired) electrons. The van der Waals surface area contributed by atoms with E-state index in [9.17, 15) is 0 Å². The molecule has 2 saturated heterocycles. The molecule has 2 aliphatic heterocycles.